The van der Waals surface area contributed by atoms with Crippen molar-refractivity contribution < 1.29 is 14.4 Å². The molecule has 186 valence electrons. The van der Waals surface area contributed by atoms with Gasteiger partial charge in [-0.15, -0.1) is 11.6 Å². The van der Waals surface area contributed by atoms with Crippen molar-refractivity contribution in [2.24, 2.45) is 5.73 Å². The summed E-state index contributed by atoms with van der Waals surface area (Å²) in [5.41, 5.74) is 9.25. The molecule has 0 aliphatic heterocycles. The van der Waals surface area contributed by atoms with Gasteiger partial charge in [-0.3, -0.25) is 19.7 Å². The monoisotopic (exact) mass is 514 g/mol. The number of alkyl halides is 1. The molecule has 1 aromatic heterocycles. The number of nitriles is 1. The summed E-state index contributed by atoms with van der Waals surface area (Å²) in [5, 5.41) is 11.7. The average molecular weight is 515 g/mol. The number of imidazole rings is 1. The van der Waals surface area contributed by atoms with Crippen LogP contribution in [0.15, 0.2) is 66.7 Å². The predicted octanol–water partition coefficient (Wildman–Crippen LogP) is 4.05. The van der Waals surface area contributed by atoms with Crippen LogP contribution < -0.4 is 16.0 Å². The summed E-state index contributed by atoms with van der Waals surface area (Å²) in [6.45, 7) is 0.203. The maximum absolute atomic E-state index is 13.1. The van der Waals surface area contributed by atoms with E-state index in [2.05, 4.69) is 10.3 Å². The molecule has 0 aliphatic rings. The molecule has 37 heavy (non-hydrogen) atoms. The van der Waals surface area contributed by atoms with Gasteiger partial charge in [0.15, 0.2) is 0 Å². The van der Waals surface area contributed by atoms with Crippen LogP contribution in [0.5, 0.6) is 0 Å². The summed E-state index contributed by atoms with van der Waals surface area (Å²) in [6, 6.07) is 20.6. The molecule has 0 aliphatic carbocycles. The number of amides is 3. The van der Waals surface area contributed by atoms with Gasteiger partial charge >= 0.3 is 0 Å². The van der Waals surface area contributed by atoms with Gasteiger partial charge in [0.25, 0.3) is 11.8 Å². The fraction of sp³-hybridized carbons (Fsp3) is 0.148. The van der Waals surface area contributed by atoms with Crippen molar-refractivity contribution in [1.29, 1.82) is 5.26 Å². The first-order valence-electron chi connectivity index (χ1n) is 11.3. The normalized spacial score (nSPS) is 10.6. The van der Waals surface area contributed by atoms with Gasteiger partial charge in [0.2, 0.25) is 11.9 Å². The van der Waals surface area contributed by atoms with Crippen molar-refractivity contribution >= 4 is 52.0 Å². The number of benzene rings is 3. The summed E-state index contributed by atoms with van der Waals surface area (Å²) in [4.78, 5) is 43.5. The zero-order valence-corrected chi connectivity index (χ0v) is 20.7. The van der Waals surface area contributed by atoms with E-state index < -0.39 is 11.8 Å². The molecule has 0 spiro atoms. The van der Waals surface area contributed by atoms with Crippen LogP contribution in [0.2, 0.25) is 0 Å². The van der Waals surface area contributed by atoms with Crippen LogP contribution in [-0.4, -0.2) is 34.3 Å². The van der Waals surface area contributed by atoms with Gasteiger partial charge in [-0.05, 0) is 60.2 Å². The highest BCUT2D eigenvalue weighted by Crippen LogP contribution is 2.26. The van der Waals surface area contributed by atoms with E-state index in [-0.39, 0.29) is 24.8 Å². The number of hydrogen-bond acceptors (Lipinski definition) is 5. The number of aryl methyl sites for hydroxylation is 1. The molecule has 3 aromatic carbocycles. The highest BCUT2D eigenvalue weighted by Gasteiger charge is 2.19. The lowest BCUT2D eigenvalue weighted by Gasteiger charge is -2.18. The zero-order chi connectivity index (χ0) is 26.5. The Labute approximate surface area is 218 Å². The Kier molecular flexibility index (Phi) is 7.51. The third kappa shape index (κ3) is 5.60. The van der Waals surface area contributed by atoms with E-state index in [1.807, 2.05) is 12.1 Å². The second-order valence-electron chi connectivity index (χ2n) is 8.32. The maximum Gasteiger partial charge on any atom is 0.258 e. The quantitative estimate of drug-likeness (QED) is 0.342. The second kappa shape index (κ2) is 10.9. The minimum atomic E-state index is -0.493. The van der Waals surface area contributed by atoms with Crippen LogP contribution in [0.4, 0.5) is 11.6 Å². The zero-order valence-electron chi connectivity index (χ0n) is 19.9. The summed E-state index contributed by atoms with van der Waals surface area (Å²) < 4.78 is 1.69. The Morgan fingerprint density at radius 1 is 1.08 bits per heavy atom. The molecular weight excluding hydrogens is 492 g/mol. The molecule has 4 aromatic rings. The topological polar surface area (TPSA) is 134 Å². The molecular formula is C27H23ClN6O3. The number of anilines is 2. The number of nitrogens with zero attached hydrogens (tertiary/aromatic N) is 4. The highest BCUT2D eigenvalue weighted by molar-refractivity contribution is 6.17. The number of carbonyl (C=O) groups is 3. The fourth-order valence-electron chi connectivity index (χ4n) is 3.84. The lowest BCUT2D eigenvalue weighted by atomic mass is 10.1. The van der Waals surface area contributed by atoms with Crippen molar-refractivity contribution in [3.8, 4) is 6.07 Å². The van der Waals surface area contributed by atoms with E-state index in [9.17, 15) is 14.4 Å². The number of carbonyl (C=O) groups excluding carboxylic acids is 3. The van der Waals surface area contributed by atoms with E-state index in [4.69, 9.17) is 22.6 Å². The van der Waals surface area contributed by atoms with Crippen LogP contribution >= 0.6 is 11.6 Å². The molecule has 0 unspecified atom stereocenters. The molecule has 0 saturated heterocycles. The third-order valence-electron chi connectivity index (χ3n) is 5.84. The van der Waals surface area contributed by atoms with Gasteiger partial charge in [0.05, 0.1) is 22.7 Å². The van der Waals surface area contributed by atoms with Crippen molar-refractivity contribution in [1.82, 2.24) is 9.55 Å². The number of aromatic nitrogens is 2. The number of hydrogen-bond donors (Lipinski definition) is 2. The van der Waals surface area contributed by atoms with Crippen LogP contribution in [0, 0.1) is 11.3 Å². The molecule has 1 heterocycles. The molecule has 4 rings (SSSR count). The van der Waals surface area contributed by atoms with Gasteiger partial charge in [-0.25, -0.2) is 4.98 Å². The lowest BCUT2D eigenvalue weighted by molar-refractivity contribution is -0.118. The van der Waals surface area contributed by atoms with E-state index in [1.54, 1.807) is 72.3 Å². The van der Waals surface area contributed by atoms with Gasteiger partial charge < -0.3 is 15.2 Å². The Balaban J connectivity index is 1.66. The second-order valence-corrected chi connectivity index (χ2v) is 8.59. The number of primary amides is 1. The fourth-order valence-corrected chi connectivity index (χ4v) is 4.01. The average Bonchev–Trinajstić information content (AvgIpc) is 3.26. The Morgan fingerprint density at radius 2 is 1.84 bits per heavy atom. The summed E-state index contributed by atoms with van der Waals surface area (Å²) in [6.07, 6.45) is 0.0439. The van der Waals surface area contributed by atoms with Crippen LogP contribution in [-0.2, 0) is 17.2 Å². The molecule has 0 fully saturated rings. The predicted molar refractivity (Wildman–Crippen MR) is 141 cm³/mol. The Hall–Kier alpha value is -4.68. The molecule has 9 nitrogen and oxygen atoms in total. The summed E-state index contributed by atoms with van der Waals surface area (Å²) >= 11 is 5.91. The van der Waals surface area contributed by atoms with E-state index in [0.29, 0.717) is 39.3 Å². The molecule has 10 heteroatoms. The van der Waals surface area contributed by atoms with Crippen molar-refractivity contribution in [3.63, 3.8) is 0 Å². The van der Waals surface area contributed by atoms with Gasteiger partial charge in [0, 0.05) is 42.7 Å². The summed E-state index contributed by atoms with van der Waals surface area (Å²) in [7, 11) is 1.66. The molecule has 0 saturated carbocycles. The van der Waals surface area contributed by atoms with Crippen LogP contribution in [0.3, 0.4) is 0 Å². The molecule has 0 bridgehead atoms. The smallest absolute Gasteiger partial charge is 0.258 e. The molecule has 3 amide bonds. The maximum atomic E-state index is 13.1. The first-order chi connectivity index (χ1) is 17.8. The highest BCUT2D eigenvalue weighted by atomic mass is 35.5. The van der Waals surface area contributed by atoms with E-state index in [1.165, 1.54) is 4.90 Å². The van der Waals surface area contributed by atoms with Crippen LogP contribution in [0.1, 0.15) is 38.3 Å². The number of fused-ring (bicyclic) bond motifs is 1. The Morgan fingerprint density at radius 3 is 2.51 bits per heavy atom. The van der Waals surface area contributed by atoms with Crippen molar-refractivity contribution in [2.75, 3.05) is 17.3 Å². The first-order valence-corrected chi connectivity index (χ1v) is 11.9. The SMILES string of the molecule is CN(C(=O)c1cccc(CCl)c1)c1ccc2c(c1)nc(NC(=O)c1ccc(C#N)cc1)n2CCC(N)=O. The number of halogens is 1. The first kappa shape index (κ1) is 25.4. The number of nitrogens with one attached hydrogen (secondary N) is 1. The van der Waals surface area contributed by atoms with Crippen molar-refractivity contribution in [2.45, 2.75) is 18.8 Å². The number of nitrogens with two attached hydrogens (primary N) is 1. The summed E-state index contributed by atoms with van der Waals surface area (Å²) in [5.74, 6) is -0.601. The molecule has 0 radical (unpaired) electrons. The number of rotatable bonds is 8. The van der Waals surface area contributed by atoms with E-state index in [0.717, 1.165) is 5.56 Å². The largest absolute Gasteiger partial charge is 0.370 e. The minimum Gasteiger partial charge on any atom is -0.370 e. The third-order valence-corrected chi connectivity index (χ3v) is 6.14. The van der Waals surface area contributed by atoms with Gasteiger partial charge in [-0.2, -0.15) is 5.26 Å². The van der Waals surface area contributed by atoms with Crippen LogP contribution in [0.25, 0.3) is 11.0 Å². The van der Waals surface area contributed by atoms with E-state index >= 15 is 0 Å². The standard InChI is InChI=1S/C27H23ClN6O3/c1-33(26(37)20-4-2-3-18(13-20)15-28)21-9-10-23-22(14-21)31-27(34(23)12-11-24(30)35)32-25(36)19-7-5-17(16-29)6-8-19/h2-10,13-14H,11-12,15H2,1H3,(H2,30,35)(H,31,32,36). The lowest BCUT2D eigenvalue weighted by Crippen LogP contribution is -2.26. The van der Waals surface area contributed by atoms with Gasteiger partial charge in [-0.1, -0.05) is 12.1 Å². The molecule has 3 N–H and O–H groups in total. The minimum absolute atomic E-state index is 0.0439. The van der Waals surface area contributed by atoms with Gasteiger partial charge in [0.1, 0.15) is 0 Å². The van der Waals surface area contributed by atoms with Crippen molar-refractivity contribution in [3.05, 3.63) is 89.0 Å². The Bertz CT molecular complexity index is 1540. The molecule has 0 atom stereocenters.